The summed E-state index contributed by atoms with van der Waals surface area (Å²) in [7, 11) is 1.62. The highest BCUT2D eigenvalue weighted by atomic mass is 16.4. The molecule has 0 aliphatic heterocycles. The highest BCUT2D eigenvalue weighted by Crippen LogP contribution is 2.02. The Morgan fingerprint density at radius 1 is 1.77 bits per heavy atom. The largest absolute Gasteiger partial charge is 0.480 e. The lowest BCUT2D eigenvalue weighted by Gasteiger charge is -2.11. The molecule has 0 bridgehead atoms. The number of hydrogen-bond acceptors (Lipinski definition) is 3. The smallest absolute Gasteiger partial charge is 0.322 e. The molecule has 1 heterocycles. The summed E-state index contributed by atoms with van der Waals surface area (Å²) in [6.45, 7) is 0.365. The van der Waals surface area contributed by atoms with Gasteiger partial charge in [0.15, 0.2) is 0 Å². The van der Waals surface area contributed by atoms with E-state index in [-0.39, 0.29) is 0 Å². The third-order valence-corrected chi connectivity index (χ3v) is 1.75. The van der Waals surface area contributed by atoms with E-state index in [0.29, 0.717) is 6.54 Å². The van der Waals surface area contributed by atoms with E-state index < -0.39 is 12.0 Å². The van der Waals surface area contributed by atoms with Gasteiger partial charge >= 0.3 is 5.97 Å². The van der Waals surface area contributed by atoms with E-state index in [1.54, 1.807) is 19.4 Å². The van der Waals surface area contributed by atoms with Crippen LogP contribution in [-0.4, -0.2) is 35.7 Å². The van der Waals surface area contributed by atoms with E-state index >= 15 is 0 Å². The van der Waals surface area contributed by atoms with E-state index in [2.05, 4.69) is 15.6 Å². The molecule has 1 rings (SSSR count). The van der Waals surface area contributed by atoms with Gasteiger partial charge in [-0.15, -0.1) is 0 Å². The first kappa shape index (κ1) is 9.60. The van der Waals surface area contributed by atoms with Crippen LogP contribution in [0.2, 0.25) is 0 Å². The van der Waals surface area contributed by atoms with Crippen LogP contribution in [0.15, 0.2) is 18.5 Å². The molecule has 0 amide bonds. The Morgan fingerprint density at radius 3 is 3.00 bits per heavy atom. The Labute approximate surface area is 76.2 Å². The van der Waals surface area contributed by atoms with E-state index in [9.17, 15) is 4.79 Å². The Balaban J connectivity index is 2.36. The molecule has 1 atom stereocenters. The number of carboxylic acid groups (broad SMARTS) is 1. The summed E-state index contributed by atoms with van der Waals surface area (Å²) in [5.41, 5.74) is 0.890. The lowest BCUT2D eigenvalue weighted by molar-refractivity contribution is -0.138. The summed E-state index contributed by atoms with van der Waals surface area (Å²) in [5, 5.41) is 14.4. The van der Waals surface area contributed by atoms with Crippen molar-refractivity contribution in [2.75, 3.05) is 18.9 Å². The van der Waals surface area contributed by atoms with Gasteiger partial charge in [-0.05, 0) is 13.1 Å². The Hall–Kier alpha value is -1.49. The van der Waals surface area contributed by atoms with Gasteiger partial charge in [0.1, 0.15) is 6.04 Å². The summed E-state index contributed by atoms with van der Waals surface area (Å²) in [6.07, 6.45) is 3.55. The Kier molecular flexibility index (Phi) is 3.33. The second-order valence-electron chi connectivity index (χ2n) is 2.66. The molecule has 0 aliphatic carbocycles. The van der Waals surface area contributed by atoms with Crippen LogP contribution < -0.4 is 10.6 Å². The number of carbonyl (C=O) groups is 1. The van der Waals surface area contributed by atoms with Crippen molar-refractivity contribution < 1.29 is 9.90 Å². The van der Waals surface area contributed by atoms with Crippen molar-refractivity contribution in [1.29, 1.82) is 0 Å². The van der Waals surface area contributed by atoms with E-state index in [4.69, 9.17) is 5.11 Å². The number of aromatic nitrogens is 1. The number of rotatable bonds is 5. The molecule has 1 aromatic heterocycles. The molecule has 5 heteroatoms. The lowest BCUT2D eigenvalue weighted by atomic mass is 10.3. The van der Waals surface area contributed by atoms with Crippen molar-refractivity contribution in [3.8, 4) is 0 Å². The first-order valence-corrected chi connectivity index (χ1v) is 4.00. The van der Waals surface area contributed by atoms with Crippen molar-refractivity contribution in [3.63, 3.8) is 0 Å². The fourth-order valence-corrected chi connectivity index (χ4v) is 0.967. The van der Waals surface area contributed by atoms with Gasteiger partial charge in [-0.25, -0.2) is 0 Å². The second-order valence-corrected chi connectivity index (χ2v) is 2.66. The van der Waals surface area contributed by atoms with Crippen LogP contribution in [0, 0.1) is 0 Å². The van der Waals surface area contributed by atoms with Gasteiger partial charge in [0.05, 0.1) is 5.69 Å². The van der Waals surface area contributed by atoms with Gasteiger partial charge in [0.25, 0.3) is 0 Å². The molecule has 1 unspecified atom stereocenters. The van der Waals surface area contributed by atoms with Crippen molar-refractivity contribution >= 4 is 11.7 Å². The predicted molar refractivity (Wildman–Crippen MR) is 49.8 cm³/mol. The number of hydrogen-bond donors (Lipinski definition) is 4. The molecule has 0 saturated carbocycles. The minimum absolute atomic E-state index is 0.365. The molecule has 1 aromatic rings. The number of likely N-dealkylation sites (N-methyl/N-ethyl adjacent to an activating group) is 1. The number of aliphatic carboxylic acids is 1. The third-order valence-electron chi connectivity index (χ3n) is 1.75. The lowest BCUT2D eigenvalue weighted by Crippen LogP contribution is -2.39. The molecular formula is C8H13N3O2. The van der Waals surface area contributed by atoms with Crippen molar-refractivity contribution in [1.82, 2.24) is 10.3 Å². The standard InChI is InChI=1S/C8H13N3O2/c1-9-7(8(12)13)5-11-6-2-3-10-4-6/h2-4,7,9-11H,5H2,1H3,(H,12,13). The quantitative estimate of drug-likeness (QED) is 0.522. The van der Waals surface area contributed by atoms with Gasteiger partial charge in [-0.1, -0.05) is 0 Å². The van der Waals surface area contributed by atoms with Crippen LogP contribution in [-0.2, 0) is 4.79 Å². The number of aromatic amines is 1. The molecule has 72 valence electrons. The summed E-state index contributed by atoms with van der Waals surface area (Å²) in [5.74, 6) is -0.856. The summed E-state index contributed by atoms with van der Waals surface area (Å²) >= 11 is 0. The summed E-state index contributed by atoms with van der Waals surface area (Å²) in [4.78, 5) is 13.5. The fourth-order valence-electron chi connectivity index (χ4n) is 0.967. The van der Waals surface area contributed by atoms with Crippen LogP contribution in [0.4, 0.5) is 5.69 Å². The fraction of sp³-hybridized carbons (Fsp3) is 0.375. The molecule has 13 heavy (non-hydrogen) atoms. The number of anilines is 1. The number of H-pyrrole nitrogens is 1. The SMILES string of the molecule is CNC(CNc1cc[nH]c1)C(=O)O. The maximum absolute atomic E-state index is 10.6. The Morgan fingerprint density at radius 2 is 2.54 bits per heavy atom. The minimum atomic E-state index is -0.856. The molecule has 0 spiro atoms. The summed E-state index contributed by atoms with van der Waals surface area (Å²) in [6, 6.07) is 1.28. The van der Waals surface area contributed by atoms with Crippen LogP contribution in [0.3, 0.4) is 0 Å². The van der Waals surface area contributed by atoms with E-state index in [0.717, 1.165) is 5.69 Å². The number of carboxylic acids is 1. The highest BCUT2D eigenvalue weighted by Gasteiger charge is 2.13. The third kappa shape index (κ3) is 2.79. The molecular weight excluding hydrogens is 170 g/mol. The molecule has 0 radical (unpaired) electrons. The molecule has 0 saturated heterocycles. The van der Waals surface area contributed by atoms with Gasteiger partial charge in [0, 0.05) is 18.9 Å². The first-order chi connectivity index (χ1) is 6.24. The van der Waals surface area contributed by atoms with Crippen molar-refractivity contribution in [3.05, 3.63) is 18.5 Å². The van der Waals surface area contributed by atoms with Gasteiger partial charge in [-0.3, -0.25) is 4.79 Å². The topological polar surface area (TPSA) is 77.1 Å². The number of nitrogens with one attached hydrogen (secondary N) is 3. The predicted octanol–water partition coefficient (Wildman–Crippen LogP) is 0.0992. The van der Waals surface area contributed by atoms with Crippen molar-refractivity contribution in [2.45, 2.75) is 6.04 Å². The van der Waals surface area contributed by atoms with Crippen molar-refractivity contribution in [2.24, 2.45) is 0 Å². The van der Waals surface area contributed by atoms with E-state index in [1.165, 1.54) is 0 Å². The van der Waals surface area contributed by atoms with Gasteiger partial charge < -0.3 is 20.7 Å². The molecule has 5 nitrogen and oxygen atoms in total. The maximum Gasteiger partial charge on any atom is 0.322 e. The van der Waals surface area contributed by atoms with Crippen LogP contribution >= 0.6 is 0 Å². The van der Waals surface area contributed by atoms with Gasteiger partial charge in [-0.2, -0.15) is 0 Å². The zero-order chi connectivity index (χ0) is 9.68. The van der Waals surface area contributed by atoms with Crippen LogP contribution in [0.1, 0.15) is 0 Å². The van der Waals surface area contributed by atoms with Crippen LogP contribution in [0.25, 0.3) is 0 Å². The summed E-state index contributed by atoms with van der Waals surface area (Å²) < 4.78 is 0. The first-order valence-electron chi connectivity index (χ1n) is 4.00. The molecule has 0 aromatic carbocycles. The molecule has 0 aliphatic rings. The molecule has 0 fully saturated rings. The Bertz CT molecular complexity index is 258. The maximum atomic E-state index is 10.6. The van der Waals surface area contributed by atoms with Gasteiger partial charge in [0.2, 0.25) is 0 Å². The minimum Gasteiger partial charge on any atom is -0.480 e. The molecule has 4 N–H and O–H groups in total. The zero-order valence-electron chi connectivity index (χ0n) is 7.37. The normalized spacial score (nSPS) is 12.4. The van der Waals surface area contributed by atoms with Crippen LogP contribution in [0.5, 0.6) is 0 Å². The highest BCUT2D eigenvalue weighted by molar-refractivity contribution is 5.74. The average molecular weight is 183 g/mol. The second kappa shape index (κ2) is 4.51. The monoisotopic (exact) mass is 183 g/mol. The van der Waals surface area contributed by atoms with E-state index in [1.807, 2.05) is 6.07 Å². The zero-order valence-corrected chi connectivity index (χ0v) is 7.37. The average Bonchev–Trinajstić information content (AvgIpc) is 2.57.